The number of methoxy groups -OCH3 is 1. The summed E-state index contributed by atoms with van der Waals surface area (Å²) in [6.07, 6.45) is 1.58. The molecule has 0 aromatic heterocycles. The van der Waals surface area contributed by atoms with E-state index in [-0.39, 0.29) is 17.8 Å². The summed E-state index contributed by atoms with van der Waals surface area (Å²) in [5.41, 5.74) is 1.62. The van der Waals surface area contributed by atoms with Crippen molar-refractivity contribution in [2.24, 2.45) is 5.92 Å². The number of nitrogens with zero attached hydrogens (tertiary/aromatic N) is 1. The molecule has 2 rings (SSSR count). The normalized spacial score (nSPS) is 19.1. The fourth-order valence-corrected chi connectivity index (χ4v) is 2.79. The minimum atomic E-state index is -0.265. The zero-order valence-corrected chi connectivity index (χ0v) is 13.7. The second-order valence-corrected chi connectivity index (χ2v) is 6.20. The van der Waals surface area contributed by atoms with Gasteiger partial charge in [-0.2, -0.15) is 0 Å². The average molecular weight is 305 g/mol. The highest BCUT2D eigenvalue weighted by Gasteiger charge is 2.33. The van der Waals surface area contributed by atoms with Gasteiger partial charge in [-0.05, 0) is 37.0 Å². The van der Waals surface area contributed by atoms with Gasteiger partial charge in [0.2, 0.25) is 0 Å². The smallest absolute Gasteiger partial charge is 0.253 e. The summed E-state index contributed by atoms with van der Waals surface area (Å²) in [4.78, 5) is 14.6. The largest absolute Gasteiger partial charge is 0.501 e. The predicted octanol–water partition coefficient (Wildman–Crippen LogP) is 4.07. The first-order valence-electron chi connectivity index (χ1n) is 7.74. The van der Waals surface area contributed by atoms with Gasteiger partial charge in [-0.3, -0.25) is 4.79 Å². The molecular formula is C18H24FNO2. The van der Waals surface area contributed by atoms with E-state index in [1.54, 1.807) is 19.2 Å². The molecule has 1 aromatic rings. The Kier molecular flexibility index (Phi) is 5.22. The number of hydrogen-bond donors (Lipinski definition) is 0. The molecule has 1 heterocycles. The maximum atomic E-state index is 13.2. The van der Waals surface area contributed by atoms with Crippen LogP contribution in [-0.4, -0.2) is 24.5 Å². The second-order valence-electron chi connectivity index (χ2n) is 6.20. The Morgan fingerprint density at radius 1 is 1.32 bits per heavy atom. The number of amides is 1. The molecule has 120 valence electrons. The van der Waals surface area contributed by atoms with Gasteiger partial charge in [-0.25, -0.2) is 4.39 Å². The SMILES string of the molecule is COC1=C(C)C(=O)N(CCC(C)C)C(c2ccc(F)cc2)C1. The number of hydrogen-bond acceptors (Lipinski definition) is 2. The van der Waals surface area contributed by atoms with Gasteiger partial charge in [-0.15, -0.1) is 0 Å². The molecular weight excluding hydrogens is 281 g/mol. The van der Waals surface area contributed by atoms with Crippen LogP contribution in [0.25, 0.3) is 0 Å². The second kappa shape index (κ2) is 6.95. The first kappa shape index (κ1) is 16.5. The summed E-state index contributed by atoms with van der Waals surface area (Å²) in [7, 11) is 1.59. The highest BCUT2D eigenvalue weighted by Crippen LogP contribution is 2.35. The minimum Gasteiger partial charge on any atom is -0.501 e. The quantitative estimate of drug-likeness (QED) is 0.821. The zero-order chi connectivity index (χ0) is 16.3. The average Bonchev–Trinajstić information content (AvgIpc) is 2.49. The Balaban J connectivity index is 2.34. The van der Waals surface area contributed by atoms with E-state index < -0.39 is 0 Å². The van der Waals surface area contributed by atoms with E-state index in [4.69, 9.17) is 4.74 Å². The van der Waals surface area contributed by atoms with Crippen LogP contribution >= 0.6 is 0 Å². The van der Waals surface area contributed by atoms with Crippen molar-refractivity contribution in [2.45, 2.75) is 39.7 Å². The van der Waals surface area contributed by atoms with Gasteiger partial charge in [-0.1, -0.05) is 26.0 Å². The van der Waals surface area contributed by atoms with E-state index in [2.05, 4.69) is 13.8 Å². The van der Waals surface area contributed by atoms with Crippen molar-refractivity contribution in [1.29, 1.82) is 0 Å². The van der Waals surface area contributed by atoms with Crippen molar-refractivity contribution >= 4 is 5.91 Å². The third kappa shape index (κ3) is 3.49. The van der Waals surface area contributed by atoms with E-state index in [0.29, 0.717) is 24.5 Å². The topological polar surface area (TPSA) is 29.5 Å². The number of carbonyl (C=O) groups excluding carboxylic acids is 1. The molecule has 0 saturated carbocycles. The van der Waals surface area contributed by atoms with Gasteiger partial charge in [0.25, 0.3) is 5.91 Å². The molecule has 1 aromatic carbocycles. The van der Waals surface area contributed by atoms with Crippen LogP contribution in [0.1, 0.15) is 45.2 Å². The number of benzene rings is 1. The Morgan fingerprint density at radius 3 is 2.50 bits per heavy atom. The monoisotopic (exact) mass is 305 g/mol. The van der Waals surface area contributed by atoms with Gasteiger partial charge in [0.15, 0.2) is 0 Å². The predicted molar refractivity (Wildman–Crippen MR) is 84.6 cm³/mol. The summed E-state index contributed by atoms with van der Waals surface area (Å²) in [5.74, 6) is 0.992. The molecule has 1 aliphatic heterocycles. The Morgan fingerprint density at radius 2 is 1.95 bits per heavy atom. The summed E-state index contributed by atoms with van der Waals surface area (Å²) in [6, 6.07) is 6.30. The fourth-order valence-electron chi connectivity index (χ4n) is 2.79. The van der Waals surface area contributed by atoms with Gasteiger partial charge < -0.3 is 9.64 Å². The first-order chi connectivity index (χ1) is 10.4. The molecule has 0 aliphatic carbocycles. The molecule has 0 spiro atoms. The Hall–Kier alpha value is -1.84. The van der Waals surface area contributed by atoms with Crippen LogP contribution in [0.2, 0.25) is 0 Å². The molecule has 0 N–H and O–H groups in total. The van der Waals surface area contributed by atoms with Gasteiger partial charge in [0.1, 0.15) is 11.6 Å². The molecule has 22 heavy (non-hydrogen) atoms. The van der Waals surface area contributed by atoms with E-state index in [9.17, 15) is 9.18 Å². The van der Waals surface area contributed by atoms with E-state index >= 15 is 0 Å². The molecule has 0 fully saturated rings. The first-order valence-corrected chi connectivity index (χ1v) is 7.74. The Labute approximate surface area is 131 Å². The van der Waals surface area contributed by atoms with Crippen LogP contribution in [-0.2, 0) is 9.53 Å². The molecule has 1 amide bonds. The zero-order valence-electron chi connectivity index (χ0n) is 13.7. The number of halogens is 1. The van der Waals surface area contributed by atoms with Crippen LogP contribution < -0.4 is 0 Å². The number of ether oxygens (including phenoxy) is 1. The van der Waals surface area contributed by atoms with Gasteiger partial charge in [0.05, 0.1) is 18.7 Å². The van der Waals surface area contributed by atoms with Crippen LogP contribution in [0, 0.1) is 11.7 Å². The number of carbonyl (C=O) groups is 1. The summed E-state index contributed by atoms with van der Waals surface area (Å²) < 4.78 is 18.6. The lowest BCUT2D eigenvalue weighted by atomic mass is 9.93. The van der Waals surface area contributed by atoms with E-state index in [0.717, 1.165) is 17.7 Å². The lowest BCUT2D eigenvalue weighted by Crippen LogP contribution is -2.40. The van der Waals surface area contributed by atoms with Crippen molar-refractivity contribution in [3.05, 3.63) is 47.0 Å². The van der Waals surface area contributed by atoms with Gasteiger partial charge >= 0.3 is 0 Å². The maximum Gasteiger partial charge on any atom is 0.253 e. The lowest BCUT2D eigenvalue weighted by Gasteiger charge is -2.37. The number of rotatable bonds is 5. The van der Waals surface area contributed by atoms with E-state index in [1.165, 1.54) is 12.1 Å². The van der Waals surface area contributed by atoms with Crippen molar-refractivity contribution in [3.63, 3.8) is 0 Å². The van der Waals surface area contributed by atoms with Crippen LogP contribution in [0.15, 0.2) is 35.6 Å². The molecule has 1 unspecified atom stereocenters. The molecule has 0 saturated heterocycles. The highest BCUT2D eigenvalue weighted by atomic mass is 19.1. The highest BCUT2D eigenvalue weighted by molar-refractivity contribution is 5.94. The van der Waals surface area contributed by atoms with Crippen molar-refractivity contribution in [2.75, 3.05) is 13.7 Å². The van der Waals surface area contributed by atoms with Crippen molar-refractivity contribution in [1.82, 2.24) is 4.90 Å². The molecule has 0 bridgehead atoms. The summed E-state index contributed by atoms with van der Waals surface area (Å²) >= 11 is 0. The molecule has 1 aliphatic rings. The molecule has 0 radical (unpaired) electrons. The Bertz CT molecular complexity index is 563. The third-order valence-electron chi connectivity index (χ3n) is 4.20. The minimum absolute atomic E-state index is 0.0121. The van der Waals surface area contributed by atoms with Crippen LogP contribution in [0.5, 0.6) is 0 Å². The van der Waals surface area contributed by atoms with Crippen molar-refractivity contribution < 1.29 is 13.9 Å². The molecule has 3 nitrogen and oxygen atoms in total. The summed E-state index contributed by atoms with van der Waals surface area (Å²) in [5, 5.41) is 0. The van der Waals surface area contributed by atoms with E-state index in [1.807, 2.05) is 11.8 Å². The maximum absolute atomic E-state index is 13.2. The third-order valence-corrected chi connectivity index (χ3v) is 4.20. The fraction of sp³-hybridized carbons (Fsp3) is 0.500. The van der Waals surface area contributed by atoms with Crippen LogP contribution in [0.3, 0.4) is 0 Å². The standard InChI is InChI=1S/C18H24FNO2/c1-12(2)9-10-20-16(14-5-7-15(19)8-6-14)11-17(22-4)13(3)18(20)21/h5-8,12,16H,9-11H2,1-4H3. The van der Waals surface area contributed by atoms with Gasteiger partial charge in [0, 0.05) is 13.0 Å². The summed E-state index contributed by atoms with van der Waals surface area (Å²) in [6.45, 7) is 6.80. The lowest BCUT2D eigenvalue weighted by molar-refractivity contribution is -0.131. The molecule has 4 heteroatoms. The van der Waals surface area contributed by atoms with Crippen LogP contribution in [0.4, 0.5) is 4.39 Å². The molecule has 1 atom stereocenters. The van der Waals surface area contributed by atoms with Crippen molar-refractivity contribution in [3.8, 4) is 0 Å².